The van der Waals surface area contributed by atoms with Crippen LogP contribution in [0.25, 0.3) is 92.8 Å². The van der Waals surface area contributed by atoms with Gasteiger partial charge in [-0.25, -0.2) is 0 Å². The second-order valence-corrected chi connectivity index (χ2v) is 12.5. The number of thiophene rings is 1. The van der Waals surface area contributed by atoms with Gasteiger partial charge in [0.15, 0.2) is 0 Å². The predicted molar refractivity (Wildman–Crippen MR) is 192 cm³/mol. The molecule has 0 aliphatic heterocycles. The van der Waals surface area contributed by atoms with Crippen LogP contribution in [0.5, 0.6) is 0 Å². The fraction of sp³-hybridized carbons (Fsp3) is 0. The molecule has 9 aromatic rings. The molecule has 0 amide bonds. The largest absolute Gasteiger partial charge is 0.457 e. The summed E-state index contributed by atoms with van der Waals surface area (Å²) in [5.41, 5.74) is 6.03. The lowest BCUT2D eigenvalue weighted by atomic mass is 9.86. The maximum atomic E-state index is 6.34. The highest BCUT2D eigenvalue weighted by atomic mass is 32.1. The highest BCUT2D eigenvalue weighted by Gasteiger charge is 2.17. The van der Waals surface area contributed by atoms with Crippen molar-refractivity contribution in [1.82, 2.24) is 0 Å². The first-order chi connectivity index (χ1) is 21.7. The van der Waals surface area contributed by atoms with Crippen LogP contribution < -0.4 is 10.6 Å². The molecule has 0 fully saturated rings. The second-order valence-electron chi connectivity index (χ2n) is 11.4. The van der Waals surface area contributed by atoms with Crippen LogP contribution in [0, 0.1) is 0 Å². The van der Waals surface area contributed by atoms with Gasteiger partial charge in [0.05, 0.1) is 0 Å². The third-order valence-electron chi connectivity index (χ3n) is 8.92. The summed E-state index contributed by atoms with van der Waals surface area (Å²) in [4.78, 5) is 0. The number of hydrogen-bond donors (Lipinski definition) is 0. The van der Waals surface area contributed by atoms with Crippen molar-refractivity contribution >= 4 is 93.0 Å². The first-order valence-electron chi connectivity index (χ1n) is 14.8. The minimum atomic E-state index is 0.651. The molecule has 0 radical (unpaired) electrons. The maximum absolute atomic E-state index is 6.34. The predicted octanol–water partition coefficient (Wildman–Crippen LogP) is 10.8. The van der Waals surface area contributed by atoms with Crippen LogP contribution in [0.3, 0.4) is 0 Å². The summed E-state index contributed by atoms with van der Waals surface area (Å²) in [6.07, 6.45) is 2.16. The summed E-state index contributed by atoms with van der Waals surface area (Å²) in [6.45, 7) is 8.99. The molecule has 2 heterocycles. The monoisotopic (exact) mass is 578 g/mol. The zero-order valence-corrected chi connectivity index (χ0v) is 24.7. The zero-order chi connectivity index (χ0) is 29.4. The highest BCUT2D eigenvalue weighted by molar-refractivity contribution is 7.26. The minimum Gasteiger partial charge on any atom is -0.457 e. The molecule has 0 saturated carbocycles. The van der Waals surface area contributed by atoms with E-state index in [-0.39, 0.29) is 0 Å². The molecule has 1 nitrogen and oxygen atoms in total. The molecule has 0 unspecified atom stereocenters. The van der Waals surface area contributed by atoms with Crippen LogP contribution in [0.2, 0.25) is 0 Å². The molecule has 0 aliphatic carbocycles. The number of benzene rings is 7. The summed E-state index contributed by atoms with van der Waals surface area (Å²) in [5, 5.41) is 11.8. The van der Waals surface area contributed by atoms with Gasteiger partial charge in [0, 0.05) is 36.2 Å². The maximum Gasteiger partial charge on any atom is 0.136 e. The number of rotatable bonds is 3. The number of allylic oxidation sites excluding steroid dienone is 1. The van der Waals surface area contributed by atoms with E-state index in [0.717, 1.165) is 27.3 Å². The fourth-order valence-electron chi connectivity index (χ4n) is 6.96. The van der Waals surface area contributed by atoms with Crippen molar-refractivity contribution in [1.29, 1.82) is 0 Å². The van der Waals surface area contributed by atoms with Crippen molar-refractivity contribution in [2.24, 2.45) is 0 Å². The SMILES string of the molecule is C=C(/C=c1\c(=C)oc2cc3c(ccc4c5ccccc5sc34)cc12)c1c2ccccc2c(-c2ccccc2)c2ccccc12. The number of fused-ring (bicyclic) bond motifs is 8. The third kappa shape index (κ3) is 3.65. The molecule has 0 saturated heterocycles. The Morgan fingerprint density at radius 1 is 0.591 bits per heavy atom. The number of hydrogen-bond acceptors (Lipinski definition) is 2. The van der Waals surface area contributed by atoms with Crippen molar-refractivity contribution in [2.45, 2.75) is 0 Å². The second kappa shape index (κ2) is 9.54. The van der Waals surface area contributed by atoms with Gasteiger partial charge in [-0.15, -0.1) is 11.3 Å². The Morgan fingerprint density at radius 3 is 1.95 bits per heavy atom. The Morgan fingerprint density at radius 2 is 1.23 bits per heavy atom. The van der Waals surface area contributed by atoms with Gasteiger partial charge in [0.25, 0.3) is 0 Å². The minimum absolute atomic E-state index is 0.651. The zero-order valence-electron chi connectivity index (χ0n) is 23.9. The Kier molecular flexibility index (Phi) is 5.44. The Hall–Kier alpha value is -5.44. The van der Waals surface area contributed by atoms with Crippen LogP contribution in [0.15, 0.2) is 138 Å². The van der Waals surface area contributed by atoms with E-state index < -0.39 is 0 Å². The Bertz CT molecular complexity index is 2690. The van der Waals surface area contributed by atoms with Gasteiger partial charge >= 0.3 is 0 Å². The Labute approximate surface area is 257 Å². The average Bonchev–Trinajstić information content (AvgIpc) is 3.59. The molecule has 0 atom stereocenters. The van der Waals surface area contributed by atoms with Gasteiger partial charge in [0.1, 0.15) is 11.0 Å². The molecule has 206 valence electrons. The first kappa shape index (κ1) is 25.1. The van der Waals surface area contributed by atoms with Crippen molar-refractivity contribution in [2.75, 3.05) is 0 Å². The molecule has 44 heavy (non-hydrogen) atoms. The lowest BCUT2D eigenvalue weighted by molar-refractivity contribution is 0.578. The van der Waals surface area contributed by atoms with E-state index in [1.165, 1.54) is 63.6 Å². The van der Waals surface area contributed by atoms with Crippen LogP contribution in [0.4, 0.5) is 0 Å². The molecule has 0 N–H and O–H groups in total. The van der Waals surface area contributed by atoms with Gasteiger partial charge in [-0.2, -0.15) is 0 Å². The normalized spacial score (nSPS) is 12.4. The molecule has 7 aromatic carbocycles. The van der Waals surface area contributed by atoms with E-state index in [1.807, 2.05) is 11.3 Å². The topological polar surface area (TPSA) is 13.1 Å². The van der Waals surface area contributed by atoms with E-state index in [4.69, 9.17) is 4.42 Å². The quantitative estimate of drug-likeness (QED) is 0.190. The molecular formula is C42H26OS. The molecule has 9 rings (SSSR count). The van der Waals surface area contributed by atoms with E-state index in [0.29, 0.717) is 5.42 Å². The summed E-state index contributed by atoms with van der Waals surface area (Å²) >= 11 is 1.84. The van der Waals surface area contributed by atoms with Crippen LogP contribution in [-0.4, -0.2) is 0 Å². The summed E-state index contributed by atoms with van der Waals surface area (Å²) in [5.74, 6) is 0. The van der Waals surface area contributed by atoms with Crippen LogP contribution >= 0.6 is 11.3 Å². The lowest BCUT2D eigenvalue weighted by Gasteiger charge is -2.17. The molecule has 0 aliphatic rings. The third-order valence-corrected chi connectivity index (χ3v) is 10.1. The van der Waals surface area contributed by atoms with E-state index in [9.17, 15) is 0 Å². The highest BCUT2D eigenvalue weighted by Crippen LogP contribution is 2.42. The molecule has 2 heteroatoms. The van der Waals surface area contributed by atoms with Crippen LogP contribution in [-0.2, 0) is 0 Å². The van der Waals surface area contributed by atoms with Gasteiger partial charge in [-0.05, 0) is 73.5 Å². The standard InChI is InChI=1S/C42H26OS/c1-25(40-30-15-6-8-17-32(30)41(27-12-4-3-5-13-27)33-18-9-7-16-31(33)40)22-35-26(2)43-38-24-36-28(23-37(35)38)20-21-34-29-14-10-11-19-39(29)44-42(34)36/h3-24H,1-2H2/b35-22+. The van der Waals surface area contributed by atoms with Gasteiger partial charge in [0.2, 0.25) is 0 Å². The van der Waals surface area contributed by atoms with Crippen molar-refractivity contribution in [3.8, 4) is 11.1 Å². The summed E-state index contributed by atoms with van der Waals surface area (Å²) in [7, 11) is 0. The van der Waals surface area contributed by atoms with Gasteiger partial charge in [-0.1, -0.05) is 122 Å². The van der Waals surface area contributed by atoms with E-state index in [2.05, 4.69) is 147 Å². The molecule has 0 spiro atoms. The lowest BCUT2D eigenvalue weighted by Crippen LogP contribution is -2.18. The van der Waals surface area contributed by atoms with Gasteiger partial charge in [-0.3, -0.25) is 0 Å². The van der Waals surface area contributed by atoms with Gasteiger partial charge < -0.3 is 4.42 Å². The van der Waals surface area contributed by atoms with E-state index >= 15 is 0 Å². The van der Waals surface area contributed by atoms with Crippen molar-refractivity contribution in [3.63, 3.8) is 0 Å². The Balaban J connectivity index is 1.29. The summed E-state index contributed by atoms with van der Waals surface area (Å²) < 4.78 is 8.93. The smallest absolute Gasteiger partial charge is 0.136 e. The fourth-order valence-corrected chi connectivity index (χ4v) is 8.19. The molecule has 2 aromatic heterocycles. The first-order valence-corrected chi connectivity index (χ1v) is 15.6. The van der Waals surface area contributed by atoms with Crippen LogP contribution in [0.1, 0.15) is 5.56 Å². The number of furan rings is 1. The molecular weight excluding hydrogens is 553 g/mol. The average molecular weight is 579 g/mol. The summed E-state index contributed by atoms with van der Waals surface area (Å²) in [6, 6.07) is 45.6. The molecule has 0 bridgehead atoms. The van der Waals surface area contributed by atoms with E-state index in [1.54, 1.807) is 0 Å². The van der Waals surface area contributed by atoms with Crippen molar-refractivity contribution < 1.29 is 4.42 Å². The van der Waals surface area contributed by atoms with Crippen molar-refractivity contribution in [3.05, 3.63) is 150 Å².